The molecular formula is C23H26N4O2S. The summed E-state index contributed by atoms with van der Waals surface area (Å²) in [5.74, 6) is 0.591. The van der Waals surface area contributed by atoms with Gasteiger partial charge in [0.2, 0.25) is 0 Å². The molecule has 0 radical (unpaired) electrons. The second-order valence-electron chi connectivity index (χ2n) is 7.34. The van der Waals surface area contributed by atoms with E-state index in [0.29, 0.717) is 5.16 Å². The highest BCUT2D eigenvalue weighted by Crippen LogP contribution is 2.36. The highest BCUT2D eigenvalue weighted by molar-refractivity contribution is 8.00. The third-order valence-corrected chi connectivity index (χ3v) is 6.44. The van der Waals surface area contributed by atoms with E-state index < -0.39 is 5.25 Å². The molecule has 1 atom stereocenters. The fourth-order valence-electron chi connectivity index (χ4n) is 3.73. The Hall–Kier alpha value is -2.64. The number of benzene rings is 2. The first-order valence-electron chi connectivity index (χ1n) is 10.3. The van der Waals surface area contributed by atoms with Gasteiger partial charge in [0.15, 0.2) is 11.0 Å². The molecule has 7 heteroatoms. The van der Waals surface area contributed by atoms with Crippen LogP contribution >= 0.6 is 11.8 Å². The average Bonchev–Trinajstić information content (AvgIpc) is 3.20. The van der Waals surface area contributed by atoms with Crippen LogP contribution in [0, 0.1) is 0 Å². The Kier molecular flexibility index (Phi) is 6.81. The Balaban J connectivity index is 1.68. The Labute approximate surface area is 181 Å². The second kappa shape index (κ2) is 9.91. The lowest BCUT2D eigenvalue weighted by atomic mass is 10.1. The van der Waals surface area contributed by atoms with Crippen LogP contribution in [0.4, 0.5) is 0 Å². The third kappa shape index (κ3) is 4.74. The molecule has 0 bridgehead atoms. The van der Waals surface area contributed by atoms with Gasteiger partial charge in [0.05, 0.1) is 13.7 Å². The molecule has 0 amide bonds. The lowest BCUT2D eigenvalue weighted by Crippen LogP contribution is -2.30. The normalized spacial score (nSPS) is 15.6. The molecule has 3 aromatic rings. The molecule has 30 heavy (non-hydrogen) atoms. The van der Waals surface area contributed by atoms with Crippen molar-refractivity contribution in [2.45, 2.75) is 36.2 Å². The fraction of sp³-hybridized carbons (Fsp3) is 0.348. The largest absolute Gasteiger partial charge is 0.468 e. The summed E-state index contributed by atoms with van der Waals surface area (Å²) in [6.07, 6.45) is 3.74. The van der Waals surface area contributed by atoms with Gasteiger partial charge in [0.1, 0.15) is 5.25 Å². The van der Waals surface area contributed by atoms with Crippen LogP contribution in [0.15, 0.2) is 65.8 Å². The number of thioether (sulfide) groups is 1. The van der Waals surface area contributed by atoms with E-state index in [1.54, 1.807) is 0 Å². The number of methoxy groups -OCH3 is 1. The maximum atomic E-state index is 12.6. The van der Waals surface area contributed by atoms with E-state index in [9.17, 15) is 4.79 Å². The second-order valence-corrected chi connectivity index (χ2v) is 8.41. The lowest BCUT2D eigenvalue weighted by molar-refractivity contribution is -0.140. The first-order chi connectivity index (χ1) is 14.8. The molecule has 0 saturated carbocycles. The number of para-hydroxylation sites is 1. The molecular weight excluding hydrogens is 396 g/mol. The van der Waals surface area contributed by atoms with Crippen LogP contribution in [-0.4, -0.2) is 45.8 Å². The zero-order chi connectivity index (χ0) is 20.8. The molecule has 4 rings (SSSR count). The van der Waals surface area contributed by atoms with Gasteiger partial charge in [-0.1, -0.05) is 66.7 Å². The summed E-state index contributed by atoms with van der Waals surface area (Å²) >= 11 is 1.38. The molecule has 1 aliphatic heterocycles. The molecule has 156 valence electrons. The van der Waals surface area contributed by atoms with Crippen LogP contribution in [0.3, 0.4) is 0 Å². The molecule has 6 nitrogen and oxygen atoms in total. The molecule has 1 saturated heterocycles. The van der Waals surface area contributed by atoms with Gasteiger partial charge in [0.25, 0.3) is 0 Å². The van der Waals surface area contributed by atoms with Crippen LogP contribution in [0.1, 0.15) is 35.9 Å². The van der Waals surface area contributed by atoms with Crippen molar-refractivity contribution in [2.75, 3.05) is 20.2 Å². The minimum absolute atomic E-state index is 0.300. The first-order valence-corrected chi connectivity index (χ1v) is 11.2. The number of hydrogen-bond donors (Lipinski definition) is 0. The molecule has 0 spiro atoms. The summed E-state index contributed by atoms with van der Waals surface area (Å²) in [5.41, 5.74) is 1.88. The summed E-state index contributed by atoms with van der Waals surface area (Å²) in [7, 11) is 1.42. The number of piperidine rings is 1. The summed E-state index contributed by atoms with van der Waals surface area (Å²) in [6, 6.07) is 19.8. The summed E-state index contributed by atoms with van der Waals surface area (Å²) in [4.78, 5) is 15.0. The topological polar surface area (TPSA) is 60.2 Å². The van der Waals surface area contributed by atoms with E-state index in [1.165, 1.54) is 38.1 Å². The molecule has 1 aromatic heterocycles. The predicted octanol–water partition coefficient (Wildman–Crippen LogP) is 4.26. The molecule has 0 aliphatic carbocycles. The number of nitrogens with zero attached hydrogens (tertiary/aromatic N) is 4. The molecule has 2 heterocycles. The Bertz CT molecular complexity index is 956. The average molecular weight is 423 g/mol. The Morgan fingerprint density at radius 2 is 1.67 bits per heavy atom. The van der Waals surface area contributed by atoms with Crippen LogP contribution in [0.2, 0.25) is 0 Å². The number of aromatic nitrogens is 3. The van der Waals surface area contributed by atoms with Gasteiger partial charge in [-0.05, 0) is 43.6 Å². The van der Waals surface area contributed by atoms with Crippen molar-refractivity contribution in [3.63, 3.8) is 0 Å². The minimum Gasteiger partial charge on any atom is -0.468 e. The zero-order valence-electron chi connectivity index (χ0n) is 17.1. The van der Waals surface area contributed by atoms with Crippen molar-refractivity contribution in [1.82, 2.24) is 19.7 Å². The molecule has 1 aliphatic rings. The standard InChI is InChI=1S/C23H26N4O2S/c1-29-22(28)21(18-11-5-2-6-12-18)30-23-25-24-20(17-26-15-9-4-10-16-26)27(23)19-13-7-3-8-14-19/h2-3,5-8,11-14,21H,4,9-10,15-17H2,1H3. The minimum atomic E-state index is -0.509. The number of hydrogen-bond acceptors (Lipinski definition) is 6. The number of carbonyl (C=O) groups is 1. The summed E-state index contributed by atoms with van der Waals surface area (Å²) in [6.45, 7) is 2.91. The van der Waals surface area contributed by atoms with Crippen LogP contribution < -0.4 is 0 Å². The Morgan fingerprint density at radius 3 is 2.33 bits per heavy atom. The van der Waals surface area contributed by atoms with E-state index in [4.69, 9.17) is 4.74 Å². The fourth-order valence-corrected chi connectivity index (χ4v) is 4.83. The van der Waals surface area contributed by atoms with Crippen molar-refractivity contribution in [3.8, 4) is 5.69 Å². The van der Waals surface area contributed by atoms with Crippen molar-refractivity contribution in [1.29, 1.82) is 0 Å². The Morgan fingerprint density at radius 1 is 1.00 bits per heavy atom. The van der Waals surface area contributed by atoms with E-state index in [-0.39, 0.29) is 5.97 Å². The number of carbonyl (C=O) groups excluding carboxylic acids is 1. The molecule has 1 unspecified atom stereocenters. The molecule has 0 N–H and O–H groups in total. The van der Waals surface area contributed by atoms with Crippen LogP contribution in [0.5, 0.6) is 0 Å². The summed E-state index contributed by atoms with van der Waals surface area (Å²) < 4.78 is 7.16. The smallest absolute Gasteiger partial charge is 0.323 e. The first kappa shape index (κ1) is 20.6. The van der Waals surface area contributed by atoms with Gasteiger partial charge < -0.3 is 4.74 Å². The maximum Gasteiger partial charge on any atom is 0.323 e. The lowest BCUT2D eigenvalue weighted by Gasteiger charge is -2.26. The quantitative estimate of drug-likeness (QED) is 0.419. The van der Waals surface area contributed by atoms with Crippen molar-refractivity contribution in [2.24, 2.45) is 0 Å². The zero-order valence-corrected chi connectivity index (χ0v) is 17.9. The van der Waals surface area contributed by atoms with E-state index in [1.807, 2.05) is 60.7 Å². The van der Waals surface area contributed by atoms with Gasteiger partial charge in [-0.3, -0.25) is 14.3 Å². The number of ether oxygens (including phenoxy) is 1. The van der Waals surface area contributed by atoms with E-state index in [0.717, 1.165) is 36.7 Å². The van der Waals surface area contributed by atoms with Gasteiger partial charge in [0, 0.05) is 5.69 Å². The van der Waals surface area contributed by atoms with Gasteiger partial charge in [-0.15, -0.1) is 10.2 Å². The van der Waals surface area contributed by atoms with Crippen LogP contribution in [0.25, 0.3) is 5.69 Å². The molecule has 1 fully saturated rings. The monoisotopic (exact) mass is 422 g/mol. The summed E-state index contributed by atoms with van der Waals surface area (Å²) in [5, 5.41) is 9.18. The number of esters is 1. The number of rotatable bonds is 7. The maximum absolute atomic E-state index is 12.6. The highest BCUT2D eigenvalue weighted by atomic mass is 32.2. The van der Waals surface area contributed by atoms with Gasteiger partial charge in [-0.25, -0.2) is 0 Å². The van der Waals surface area contributed by atoms with Crippen molar-refractivity contribution < 1.29 is 9.53 Å². The SMILES string of the molecule is COC(=O)C(Sc1nnc(CN2CCCCC2)n1-c1ccccc1)c1ccccc1. The predicted molar refractivity (Wildman–Crippen MR) is 118 cm³/mol. The molecule has 2 aromatic carbocycles. The van der Waals surface area contributed by atoms with Gasteiger partial charge >= 0.3 is 5.97 Å². The number of likely N-dealkylation sites (tertiary alicyclic amines) is 1. The van der Waals surface area contributed by atoms with Crippen molar-refractivity contribution in [3.05, 3.63) is 72.1 Å². The van der Waals surface area contributed by atoms with E-state index in [2.05, 4.69) is 19.7 Å². The van der Waals surface area contributed by atoms with Crippen molar-refractivity contribution >= 4 is 17.7 Å². The van der Waals surface area contributed by atoms with Gasteiger partial charge in [-0.2, -0.15) is 0 Å². The van der Waals surface area contributed by atoms with Crippen LogP contribution in [-0.2, 0) is 16.1 Å². The highest BCUT2D eigenvalue weighted by Gasteiger charge is 2.27. The third-order valence-electron chi connectivity index (χ3n) is 5.27. The van der Waals surface area contributed by atoms with E-state index >= 15 is 0 Å².